The minimum Gasteiger partial charge on any atom is -0.454 e. The molecule has 1 fully saturated rings. The van der Waals surface area contributed by atoms with E-state index in [-0.39, 0.29) is 30.7 Å². The van der Waals surface area contributed by atoms with Crippen molar-refractivity contribution in [3.8, 4) is 11.5 Å². The summed E-state index contributed by atoms with van der Waals surface area (Å²) in [6, 6.07) is 15.2. The second kappa shape index (κ2) is 8.49. The summed E-state index contributed by atoms with van der Waals surface area (Å²) in [5.41, 5.74) is 3.18. The molecule has 0 unspecified atom stereocenters. The average Bonchev–Trinajstić information content (AvgIpc) is 3.46. The fourth-order valence-corrected chi connectivity index (χ4v) is 4.47. The Morgan fingerprint density at radius 3 is 2.75 bits per heavy atom. The van der Waals surface area contributed by atoms with Gasteiger partial charge in [0.05, 0.1) is 12.5 Å². The van der Waals surface area contributed by atoms with Crippen LogP contribution in [0.25, 0.3) is 0 Å². The molecule has 1 saturated heterocycles. The zero-order chi connectivity index (χ0) is 22.1. The number of carbonyl (C=O) groups is 1. The van der Waals surface area contributed by atoms with Gasteiger partial charge >= 0.3 is 0 Å². The van der Waals surface area contributed by atoms with E-state index in [0.717, 1.165) is 24.0 Å². The van der Waals surface area contributed by atoms with Crippen molar-refractivity contribution in [3.05, 3.63) is 87.1 Å². The van der Waals surface area contributed by atoms with Gasteiger partial charge in [-0.2, -0.15) is 0 Å². The summed E-state index contributed by atoms with van der Waals surface area (Å²) >= 11 is 0. The highest BCUT2D eigenvalue weighted by molar-refractivity contribution is 5.79. The highest BCUT2D eigenvalue weighted by atomic mass is 16.7. The van der Waals surface area contributed by atoms with Crippen LogP contribution in [0.1, 0.15) is 47.1 Å². The highest BCUT2D eigenvalue weighted by Gasteiger charge is 2.32. The number of benzene rings is 2. The van der Waals surface area contributed by atoms with Crippen molar-refractivity contribution in [2.24, 2.45) is 0 Å². The number of ether oxygens (including phenoxy) is 2. The van der Waals surface area contributed by atoms with Crippen LogP contribution in [0.4, 0.5) is 0 Å². The molecule has 0 aliphatic carbocycles. The van der Waals surface area contributed by atoms with Gasteiger partial charge in [-0.3, -0.25) is 9.59 Å². The zero-order valence-electron chi connectivity index (χ0n) is 18.0. The number of nitrogens with one attached hydrogen (secondary N) is 1. The topological polar surface area (TPSA) is 84.5 Å². The van der Waals surface area contributed by atoms with Gasteiger partial charge in [0.15, 0.2) is 11.5 Å². The third kappa shape index (κ3) is 3.98. The summed E-state index contributed by atoms with van der Waals surface area (Å²) in [6.07, 6.45) is 2.47. The lowest BCUT2D eigenvalue weighted by Gasteiger charge is -2.24. The number of H-pyrrole nitrogens is 1. The lowest BCUT2D eigenvalue weighted by atomic mass is 10.0. The van der Waals surface area contributed by atoms with E-state index in [1.54, 1.807) is 0 Å². The molecule has 1 N–H and O–H groups in total. The Labute approximate surface area is 186 Å². The Morgan fingerprint density at radius 2 is 1.94 bits per heavy atom. The minimum absolute atomic E-state index is 0.0139. The molecule has 0 radical (unpaired) electrons. The van der Waals surface area contributed by atoms with Crippen molar-refractivity contribution in [1.82, 2.24) is 14.9 Å². The van der Waals surface area contributed by atoms with Gasteiger partial charge in [0, 0.05) is 24.2 Å². The summed E-state index contributed by atoms with van der Waals surface area (Å²) in [5, 5.41) is 0. The Morgan fingerprint density at radius 1 is 1.12 bits per heavy atom. The number of hydrogen-bond acceptors (Lipinski definition) is 5. The molecule has 1 aromatic heterocycles. The van der Waals surface area contributed by atoms with Crippen molar-refractivity contribution in [2.45, 2.75) is 38.6 Å². The Balaban J connectivity index is 1.34. The van der Waals surface area contributed by atoms with Crippen LogP contribution in [0.3, 0.4) is 0 Å². The van der Waals surface area contributed by atoms with E-state index in [1.165, 1.54) is 0 Å². The molecule has 0 bridgehead atoms. The van der Waals surface area contributed by atoms with Gasteiger partial charge in [0.25, 0.3) is 5.56 Å². The van der Waals surface area contributed by atoms with Crippen molar-refractivity contribution in [3.63, 3.8) is 0 Å². The van der Waals surface area contributed by atoms with E-state index in [1.807, 2.05) is 60.4 Å². The molecule has 1 amide bonds. The Bertz CT molecular complexity index is 1210. The summed E-state index contributed by atoms with van der Waals surface area (Å²) in [6.45, 7) is 2.73. The zero-order valence-corrected chi connectivity index (χ0v) is 18.0. The SMILES string of the molecule is Cc1nc([C@@H]2CCCN2C(=O)Cc2ccc3c(c2)OCO3)[nH]c(=O)c1Cc1ccccc1. The molecule has 1 atom stereocenters. The molecule has 164 valence electrons. The van der Waals surface area contributed by atoms with Crippen molar-refractivity contribution in [1.29, 1.82) is 0 Å². The van der Waals surface area contributed by atoms with E-state index >= 15 is 0 Å². The molecule has 2 aliphatic rings. The van der Waals surface area contributed by atoms with E-state index in [0.29, 0.717) is 41.5 Å². The highest BCUT2D eigenvalue weighted by Crippen LogP contribution is 2.34. The number of hydrogen-bond donors (Lipinski definition) is 1. The third-order valence-electron chi connectivity index (χ3n) is 6.15. The van der Waals surface area contributed by atoms with Crippen LogP contribution in [0.2, 0.25) is 0 Å². The lowest BCUT2D eigenvalue weighted by Crippen LogP contribution is -2.34. The number of carbonyl (C=O) groups excluding carboxylic acids is 1. The first-order valence-electron chi connectivity index (χ1n) is 10.9. The predicted octanol–water partition coefficient (Wildman–Crippen LogP) is 3.30. The van der Waals surface area contributed by atoms with E-state index in [2.05, 4.69) is 4.98 Å². The average molecular weight is 431 g/mol. The largest absolute Gasteiger partial charge is 0.454 e. The number of rotatable bonds is 5. The Kier molecular flexibility index (Phi) is 5.39. The molecule has 7 nitrogen and oxygen atoms in total. The number of nitrogens with zero attached hydrogens (tertiary/aromatic N) is 2. The van der Waals surface area contributed by atoms with Crippen LogP contribution in [-0.4, -0.2) is 34.1 Å². The molecule has 7 heteroatoms. The number of aryl methyl sites for hydroxylation is 1. The molecule has 0 spiro atoms. The van der Waals surface area contributed by atoms with Crippen LogP contribution in [-0.2, 0) is 17.6 Å². The van der Waals surface area contributed by atoms with Crippen LogP contribution >= 0.6 is 0 Å². The molecule has 5 rings (SSSR count). The number of amides is 1. The van der Waals surface area contributed by atoms with Gasteiger partial charge in [-0.15, -0.1) is 0 Å². The first-order valence-corrected chi connectivity index (χ1v) is 10.9. The number of aromatic amines is 1. The quantitative estimate of drug-likeness (QED) is 0.670. The summed E-state index contributed by atoms with van der Waals surface area (Å²) in [5.74, 6) is 1.96. The fourth-order valence-electron chi connectivity index (χ4n) is 4.47. The first kappa shape index (κ1) is 20.3. The van der Waals surface area contributed by atoms with Gasteiger partial charge in [0.2, 0.25) is 12.7 Å². The minimum atomic E-state index is -0.214. The normalized spacial score (nSPS) is 17.0. The molecule has 3 aromatic rings. The summed E-state index contributed by atoms with van der Waals surface area (Å²) < 4.78 is 10.8. The van der Waals surface area contributed by atoms with Crippen LogP contribution < -0.4 is 15.0 Å². The van der Waals surface area contributed by atoms with Crippen LogP contribution in [0, 0.1) is 6.92 Å². The Hall–Kier alpha value is -3.61. The van der Waals surface area contributed by atoms with Crippen molar-refractivity contribution in [2.75, 3.05) is 13.3 Å². The van der Waals surface area contributed by atoms with Crippen molar-refractivity contribution < 1.29 is 14.3 Å². The van der Waals surface area contributed by atoms with E-state index in [9.17, 15) is 9.59 Å². The second-order valence-corrected chi connectivity index (χ2v) is 8.29. The van der Waals surface area contributed by atoms with Crippen LogP contribution in [0.15, 0.2) is 53.3 Å². The van der Waals surface area contributed by atoms with Gasteiger partial charge in [0.1, 0.15) is 5.82 Å². The second-order valence-electron chi connectivity index (χ2n) is 8.29. The smallest absolute Gasteiger partial charge is 0.254 e. The molecule has 0 saturated carbocycles. The maximum Gasteiger partial charge on any atom is 0.254 e. The van der Waals surface area contributed by atoms with E-state index in [4.69, 9.17) is 14.5 Å². The monoisotopic (exact) mass is 431 g/mol. The molecule has 2 aromatic carbocycles. The fraction of sp³-hybridized carbons (Fsp3) is 0.320. The summed E-state index contributed by atoms with van der Waals surface area (Å²) in [4.78, 5) is 35.5. The van der Waals surface area contributed by atoms with Gasteiger partial charge in [-0.25, -0.2) is 4.98 Å². The third-order valence-corrected chi connectivity index (χ3v) is 6.15. The van der Waals surface area contributed by atoms with Crippen LogP contribution in [0.5, 0.6) is 11.5 Å². The maximum atomic E-state index is 13.1. The van der Waals surface area contributed by atoms with Gasteiger partial charge < -0.3 is 19.4 Å². The molecule has 2 aliphatic heterocycles. The maximum absolute atomic E-state index is 13.1. The summed E-state index contributed by atoms with van der Waals surface area (Å²) in [7, 11) is 0. The van der Waals surface area contributed by atoms with Crippen molar-refractivity contribution >= 4 is 5.91 Å². The van der Waals surface area contributed by atoms with Gasteiger partial charge in [-0.1, -0.05) is 36.4 Å². The molecular weight excluding hydrogens is 406 g/mol. The lowest BCUT2D eigenvalue weighted by molar-refractivity contribution is -0.131. The molecule has 32 heavy (non-hydrogen) atoms. The van der Waals surface area contributed by atoms with E-state index < -0.39 is 0 Å². The molecule has 3 heterocycles. The number of fused-ring (bicyclic) bond motifs is 1. The number of likely N-dealkylation sites (tertiary alicyclic amines) is 1. The van der Waals surface area contributed by atoms with Gasteiger partial charge in [-0.05, 0) is 43.0 Å². The predicted molar refractivity (Wildman–Crippen MR) is 119 cm³/mol. The number of aromatic nitrogens is 2. The first-order chi connectivity index (χ1) is 15.6. The standard InChI is InChI=1S/C25H25N3O4/c1-16-19(12-17-6-3-2-4-7-17)25(30)27-24(26-16)20-8-5-11-28(20)23(29)14-18-9-10-21-22(13-18)32-15-31-21/h2-4,6-7,9-10,13,20H,5,8,11-12,14-15H2,1H3,(H,26,27,30)/t20-/m0/s1. The molecular formula is C25H25N3O4.